The fraction of sp³-hybridized carbons (Fsp3) is 0.600. The molecule has 27 heavy (non-hydrogen) atoms. The van der Waals surface area contributed by atoms with Crippen molar-refractivity contribution in [2.45, 2.75) is 26.3 Å². The molecule has 1 aliphatic heterocycles. The van der Waals surface area contributed by atoms with Crippen molar-refractivity contribution >= 4 is 11.8 Å². The highest BCUT2D eigenvalue weighted by Gasteiger charge is 2.33. The van der Waals surface area contributed by atoms with E-state index in [4.69, 9.17) is 9.47 Å². The topological polar surface area (TPSA) is 79.9 Å². The number of nitrogens with one attached hydrogen (secondary N) is 2. The Balaban J connectivity index is 2.11. The molecule has 2 N–H and O–H groups in total. The summed E-state index contributed by atoms with van der Waals surface area (Å²) in [6.45, 7) is 6.24. The number of carbonyl (C=O) groups excluding carboxylic acids is 2. The SMILES string of the molecule is CNCC1CCN(C(=O)C(NC(=O)c2cc(OC)cc(OC)c2)C(C)C)C1. The Morgan fingerprint density at radius 1 is 1.19 bits per heavy atom. The number of benzene rings is 1. The van der Waals surface area contributed by atoms with Crippen molar-refractivity contribution in [2.75, 3.05) is 40.9 Å². The van der Waals surface area contributed by atoms with E-state index in [9.17, 15) is 9.59 Å². The lowest BCUT2D eigenvalue weighted by Crippen LogP contribution is -2.50. The molecule has 2 unspecified atom stereocenters. The average molecular weight is 377 g/mol. The summed E-state index contributed by atoms with van der Waals surface area (Å²) in [4.78, 5) is 27.6. The molecule has 2 amide bonds. The molecule has 1 aromatic rings. The van der Waals surface area contributed by atoms with Gasteiger partial charge in [-0.25, -0.2) is 0 Å². The molecule has 0 saturated carbocycles. The van der Waals surface area contributed by atoms with Crippen LogP contribution in [-0.4, -0.2) is 63.7 Å². The van der Waals surface area contributed by atoms with Crippen LogP contribution in [-0.2, 0) is 4.79 Å². The number of hydrogen-bond donors (Lipinski definition) is 2. The summed E-state index contributed by atoms with van der Waals surface area (Å²) in [6, 6.07) is 4.41. The Hall–Kier alpha value is -2.28. The van der Waals surface area contributed by atoms with Crippen molar-refractivity contribution in [3.63, 3.8) is 0 Å². The van der Waals surface area contributed by atoms with Gasteiger partial charge in [0.25, 0.3) is 5.91 Å². The van der Waals surface area contributed by atoms with Gasteiger partial charge in [-0.1, -0.05) is 13.8 Å². The predicted molar refractivity (Wildman–Crippen MR) is 104 cm³/mol. The van der Waals surface area contributed by atoms with Gasteiger partial charge in [-0.05, 0) is 44.0 Å². The standard InChI is InChI=1S/C20H31N3O4/c1-13(2)18(20(25)23-7-6-14(12-23)11-21-3)22-19(24)15-8-16(26-4)10-17(9-15)27-5/h8-10,13-14,18,21H,6-7,11-12H2,1-5H3,(H,22,24). The van der Waals surface area contributed by atoms with Gasteiger partial charge in [-0.15, -0.1) is 0 Å². The Kier molecular flexibility index (Phi) is 7.47. The normalized spacial score (nSPS) is 17.7. The molecule has 1 saturated heterocycles. The van der Waals surface area contributed by atoms with Crippen LogP contribution < -0.4 is 20.1 Å². The molecule has 1 aliphatic rings. The van der Waals surface area contributed by atoms with Crippen molar-refractivity contribution in [1.29, 1.82) is 0 Å². The van der Waals surface area contributed by atoms with E-state index in [1.165, 1.54) is 14.2 Å². The average Bonchev–Trinajstić information content (AvgIpc) is 3.13. The molecule has 1 heterocycles. The first kappa shape index (κ1) is 21.0. The quantitative estimate of drug-likeness (QED) is 0.718. The highest BCUT2D eigenvalue weighted by molar-refractivity contribution is 5.98. The van der Waals surface area contributed by atoms with Gasteiger partial charge in [0, 0.05) is 24.7 Å². The molecule has 0 spiro atoms. The first-order chi connectivity index (χ1) is 12.9. The smallest absolute Gasteiger partial charge is 0.252 e. The van der Waals surface area contributed by atoms with E-state index in [1.807, 2.05) is 25.8 Å². The van der Waals surface area contributed by atoms with Gasteiger partial charge in [-0.3, -0.25) is 9.59 Å². The van der Waals surface area contributed by atoms with Gasteiger partial charge in [0.2, 0.25) is 5.91 Å². The summed E-state index contributed by atoms with van der Waals surface area (Å²) < 4.78 is 10.4. The van der Waals surface area contributed by atoms with Crippen LogP contribution in [0.4, 0.5) is 0 Å². The third-order valence-corrected chi connectivity index (χ3v) is 4.92. The maximum absolute atomic E-state index is 13.0. The number of methoxy groups -OCH3 is 2. The molecular weight excluding hydrogens is 346 g/mol. The van der Waals surface area contributed by atoms with Crippen LogP contribution in [0.15, 0.2) is 18.2 Å². The van der Waals surface area contributed by atoms with Gasteiger partial charge in [0.05, 0.1) is 14.2 Å². The zero-order chi connectivity index (χ0) is 20.0. The fourth-order valence-corrected chi connectivity index (χ4v) is 3.36. The Morgan fingerprint density at radius 3 is 2.33 bits per heavy atom. The molecule has 0 radical (unpaired) electrons. The number of carbonyl (C=O) groups is 2. The van der Waals surface area contributed by atoms with Crippen LogP contribution in [0.25, 0.3) is 0 Å². The molecule has 150 valence electrons. The van der Waals surface area contributed by atoms with E-state index >= 15 is 0 Å². The maximum Gasteiger partial charge on any atom is 0.252 e. The molecule has 0 aliphatic carbocycles. The van der Waals surface area contributed by atoms with E-state index in [2.05, 4.69) is 10.6 Å². The van der Waals surface area contributed by atoms with Crippen molar-refractivity contribution in [3.8, 4) is 11.5 Å². The van der Waals surface area contributed by atoms with Gasteiger partial charge >= 0.3 is 0 Å². The minimum Gasteiger partial charge on any atom is -0.497 e. The minimum atomic E-state index is -0.567. The molecular formula is C20H31N3O4. The second kappa shape index (κ2) is 9.60. The summed E-state index contributed by atoms with van der Waals surface area (Å²) >= 11 is 0. The zero-order valence-corrected chi connectivity index (χ0v) is 16.9. The van der Waals surface area contributed by atoms with Crippen LogP contribution in [0.3, 0.4) is 0 Å². The first-order valence-electron chi connectivity index (χ1n) is 9.36. The highest BCUT2D eigenvalue weighted by Crippen LogP contribution is 2.23. The molecule has 1 fully saturated rings. The number of amides is 2. The van der Waals surface area contributed by atoms with Gasteiger partial charge in [0.15, 0.2) is 0 Å². The summed E-state index contributed by atoms with van der Waals surface area (Å²) in [5, 5.41) is 6.07. The van der Waals surface area contributed by atoms with Crippen molar-refractivity contribution in [1.82, 2.24) is 15.5 Å². The summed E-state index contributed by atoms with van der Waals surface area (Å²) in [6.07, 6.45) is 0.985. The van der Waals surface area contributed by atoms with E-state index in [-0.39, 0.29) is 17.7 Å². The molecule has 1 aromatic carbocycles. The minimum absolute atomic E-state index is 0.0164. The molecule has 2 atom stereocenters. The molecule has 0 bridgehead atoms. The predicted octanol–water partition coefficient (Wildman–Crippen LogP) is 1.53. The molecule has 7 heteroatoms. The van der Waals surface area contributed by atoms with E-state index in [0.717, 1.165) is 26.1 Å². The lowest BCUT2D eigenvalue weighted by molar-refractivity contribution is -0.133. The highest BCUT2D eigenvalue weighted by atomic mass is 16.5. The Bertz CT molecular complexity index is 640. The number of nitrogens with zero attached hydrogens (tertiary/aromatic N) is 1. The van der Waals surface area contributed by atoms with Crippen molar-refractivity contribution in [3.05, 3.63) is 23.8 Å². The lowest BCUT2D eigenvalue weighted by Gasteiger charge is -2.27. The third kappa shape index (κ3) is 5.35. The zero-order valence-electron chi connectivity index (χ0n) is 16.9. The maximum atomic E-state index is 13.0. The third-order valence-electron chi connectivity index (χ3n) is 4.92. The summed E-state index contributed by atoms with van der Waals surface area (Å²) in [7, 11) is 4.99. The second-order valence-electron chi connectivity index (χ2n) is 7.29. The van der Waals surface area contributed by atoms with Gasteiger partial charge < -0.3 is 25.0 Å². The number of likely N-dealkylation sites (tertiary alicyclic amines) is 1. The second-order valence-corrected chi connectivity index (χ2v) is 7.29. The van der Waals surface area contributed by atoms with Crippen molar-refractivity contribution in [2.24, 2.45) is 11.8 Å². The molecule has 0 aromatic heterocycles. The summed E-state index contributed by atoms with van der Waals surface area (Å²) in [5.74, 6) is 1.17. The molecule has 7 nitrogen and oxygen atoms in total. The Morgan fingerprint density at radius 2 is 1.81 bits per heavy atom. The number of ether oxygens (including phenoxy) is 2. The number of hydrogen-bond acceptors (Lipinski definition) is 5. The summed E-state index contributed by atoms with van der Waals surface area (Å²) in [5.41, 5.74) is 0.402. The lowest BCUT2D eigenvalue weighted by atomic mass is 10.0. The van der Waals surface area contributed by atoms with Crippen LogP contribution >= 0.6 is 0 Å². The fourth-order valence-electron chi connectivity index (χ4n) is 3.36. The van der Waals surface area contributed by atoms with Gasteiger partial charge in [0.1, 0.15) is 17.5 Å². The van der Waals surface area contributed by atoms with Crippen molar-refractivity contribution < 1.29 is 19.1 Å². The monoisotopic (exact) mass is 377 g/mol. The van der Waals surface area contributed by atoms with Crippen LogP contribution in [0.2, 0.25) is 0 Å². The number of rotatable bonds is 8. The largest absolute Gasteiger partial charge is 0.497 e. The van der Waals surface area contributed by atoms with E-state index in [0.29, 0.717) is 23.0 Å². The molecule has 2 rings (SSSR count). The van der Waals surface area contributed by atoms with Crippen LogP contribution in [0.5, 0.6) is 11.5 Å². The Labute approximate surface area is 161 Å². The van der Waals surface area contributed by atoms with Gasteiger partial charge in [-0.2, -0.15) is 0 Å². The van der Waals surface area contributed by atoms with E-state index < -0.39 is 6.04 Å². The first-order valence-corrected chi connectivity index (χ1v) is 9.36. The van der Waals surface area contributed by atoms with Crippen LogP contribution in [0, 0.1) is 11.8 Å². The van der Waals surface area contributed by atoms with Crippen LogP contribution in [0.1, 0.15) is 30.6 Å². The van der Waals surface area contributed by atoms with E-state index in [1.54, 1.807) is 18.2 Å².